The number of carbonyl (C=O) groups is 2. The van der Waals surface area contributed by atoms with E-state index in [1.165, 1.54) is 6.92 Å². The van der Waals surface area contributed by atoms with Gasteiger partial charge in [-0.15, -0.1) is 0 Å². The molecule has 1 rings (SSSR count). The zero-order valence-electron chi connectivity index (χ0n) is 7.86. The van der Waals surface area contributed by atoms with Gasteiger partial charge in [0.15, 0.2) is 0 Å². The molecule has 0 saturated carbocycles. The molecule has 0 spiro atoms. The first-order valence-electron chi connectivity index (χ1n) is 4.15. The summed E-state index contributed by atoms with van der Waals surface area (Å²) in [5.74, 6) is -1.48. The lowest BCUT2D eigenvalue weighted by Crippen LogP contribution is -2.49. The van der Waals surface area contributed by atoms with E-state index in [-0.39, 0.29) is 0 Å². The van der Waals surface area contributed by atoms with Gasteiger partial charge in [-0.1, -0.05) is 30.3 Å². The fourth-order valence-electron chi connectivity index (χ4n) is 1.18. The van der Waals surface area contributed by atoms with Crippen LogP contribution in [0.3, 0.4) is 0 Å². The van der Waals surface area contributed by atoms with Gasteiger partial charge in [0.25, 0.3) is 0 Å². The van der Waals surface area contributed by atoms with E-state index in [1.807, 2.05) is 0 Å². The Morgan fingerprint density at radius 1 is 1.07 bits per heavy atom. The summed E-state index contributed by atoms with van der Waals surface area (Å²) in [7, 11) is 0. The molecule has 0 aliphatic rings. The Bertz CT molecular complexity index is 346. The largest absolute Gasteiger partial charge is 0.368 e. The minimum atomic E-state index is -1.43. The van der Waals surface area contributed by atoms with Crippen LogP contribution in [-0.2, 0) is 15.0 Å². The van der Waals surface area contributed by atoms with Gasteiger partial charge < -0.3 is 11.5 Å². The van der Waals surface area contributed by atoms with Gasteiger partial charge in [0.1, 0.15) is 5.41 Å². The molecule has 0 radical (unpaired) electrons. The highest BCUT2D eigenvalue weighted by Crippen LogP contribution is 2.22. The van der Waals surface area contributed by atoms with E-state index in [4.69, 9.17) is 11.5 Å². The monoisotopic (exact) mass is 192 g/mol. The van der Waals surface area contributed by atoms with Crippen molar-refractivity contribution in [2.75, 3.05) is 0 Å². The normalized spacial score (nSPS) is 10.9. The molecule has 2 amide bonds. The molecule has 1 aromatic rings. The molecule has 0 bridgehead atoms. The summed E-state index contributed by atoms with van der Waals surface area (Å²) in [6, 6.07) is 8.52. The van der Waals surface area contributed by atoms with Gasteiger partial charge in [0.05, 0.1) is 0 Å². The number of hydrogen-bond acceptors (Lipinski definition) is 2. The summed E-state index contributed by atoms with van der Waals surface area (Å²) < 4.78 is 0. The molecule has 0 aliphatic carbocycles. The molecule has 4 N–H and O–H groups in total. The second-order valence-electron chi connectivity index (χ2n) is 3.22. The van der Waals surface area contributed by atoms with Crippen LogP contribution < -0.4 is 11.5 Å². The first-order chi connectivity index (χ1) is 6.49. The Morgan fingerprint density at radius 2 is 1.50 bits per heavy atom. The summed E-state index contributed by atoms with van der Waals surface area (Å²) in [6.07, 6.45) is 0. The average Bonchev–Trinajstić information content (AvgIpc) is 2.17. The van der Waals surface area contributed by atoms with Crippen LogP contribution in [0.1, 0.15) is 12.5 Å². The lowest BCUT2D eigenvalue weighted by atomic mass is 9.81. The average molecular weight is 192 g/mol. The second kappa shape index (κ2) is 3.49. The minimum absolute atomic E-state index is 0.514. The molecule has 0 atom stereocenters. The maximum Gasteiger partial charge on any atom is 0.237 e. The Balaban J connectivity index is 3.27. The Hall–Kier alpha value is -1.84. The highest BCUT2D eigenvalue weighted by molar-refractivity contribution is 6.09. The van der Waals surface area contributed by atoms with Crippen LogP contribution in [-0.4, -0.2) is 11.8 Å². The third kappa shape index (κ3) is 1.46. The first-order valence-corrected chi connectivity index (χ1v) is 4.15. The molecule has 0 heterocycles. The molecule has 4 nitrogen and oxygen atoms in total. The van der Waals surface area contributed by atoms with Crippen molar-refractivity contribution in [1.29, 1.82) is 0 Å². The van der Waals surface area contributed by atoms with Crippen LogP contribution in [0.5, 0.6) is 0 Å². The standard InChI is InChI=1S/C10H12N2O2/c1-10(8(11)13,9(12)14)7-5-3-2-4-6-7/h2-6H,1H3,(H2,11,13)(H2,12,14). The molecule has 0 unspecified atom stereocenters. The van der Waals surface area contributed by atoms with E-state index < -0.39 is 17.2 Å². The van der Waals surface area contributed by atoms with Crippen molar-refractivity contribution in [2.45, 2.75) is 12.3 Å². The van der Waals surface area contributed by atoms with E-state index >= 15 is 0 Å². The number of primary amides is 2. The van der Waals surface area contributed by atoms with Gasteiger partial charge in [-0.25, -0.2) is 0 Å². The number of benzene rings is 1. The summed E-state index contributed by atoms with van der Waals surface area (Å²) in [5, 5.41) is 0. The lowest BCUT2D eigenvalue weighted by molar-refractivity contribution is -0.133. The predicted octanol–water partition coefficient (Wildman–Crippen LogP) is -0.0851. The van der Waals surface area contributed by atoms with E-state index in [1.54, 1.807) is 30.3 Å². The van der Waals surface area contributed by atoms with Gasteiger partial charge in [-0.05, 0) is 12.5 Å². The molecule has 0 aliphatic heterocycles. The number of carbonyl (C=O) groups excluding carboxylic acids is 2. The third-order valence-corrected chi connectivity index (χ3v) is 2.34. The van der Waals surface area contributed by atoms with Gasteiger partial charge in [0, 0.05) is 0 Å². The van der Waals surface area contributed by atoms with Gasteiger partial charge in [0.2, 0.25) is 11.8 Å². The van der Waals surface area contributed by atoms with Crippen molar-refractivity contribution < 1.29 is 9.59 Å². The molecule has 4 heteroatoms. The molecular formula is C10H12N2O2. The highest BCUT2D eigenvalue weighted by atomic mass is 16.2. The quantitative estimate of drug-likeness (QED) is 0.656. The first kappa shape index (κ1) is 10.2. The Kier molecular flexibility index (Phi) is 2.56. The molecular weight excluding hydrogens is 180 g/mol. The third-order valence-electron chi connectivity index (χ3n) is 2.34. The van der Waals surface area contributed by atoms with E-state index in [0.717, 1.165) is 0 Å². The predicted molar refractivity (Wildman–Crippen MR) is 52.2 cm³/mol. The zero-order valence-corrected chi connectivity index (χ0v) is 7.86. The molecule has 1 aromatic carbocycles. The van der Waals surface area contributed by atoms with Crippen LogP contribution in [0, 0.1) is 0 Å². The fraction of sp³-hybridized carbons (Fsp3) is 0.200. The van der Waals surface area contributed by atoms with Crippen molar-refractivity contribution >= 4 is 11.8 Å². The Labute approximate surface area is 81.9 Å². The maximum atomic E-state index is 11.2. The molecule has 0 fully saturated rings. The fourth-order valence-corrected chi connectivity index (χ4v) is 1.18. The number of amides is 2. The second-order valence-corrected chi connectivity index (χ2v) is 3.22. The number of nitrogens with two attached hydrogens (primary N) is 2. The minimum Gasteiger partial charge on any atom is -0.368 e. The number of hydrogen-bond donors (Lipinski definition) is 2. The SMILES string of the molecule is CC(C(N)=O)(C(N)=O)c1ccccc1. The van der Waals surface area contributed by atoms with Gasteiger partial charge >= 0.3 is 0 Å². The summed E-state index contributed by atoms with van der Waals surface area (Å²) in [6.45, 7) is 1.42. The van der Waals surface area contributed by atoms with Crippen LogP contribution in [0.25, 0.3) is 0 Å². The van der Waals surface area contributed by atoms with Crippen molar-refractivity contribution in [2.24, 2.45) is 11.5 Å². The van der Waals surface area contributed by atoms with Gasteiger partial charge in [-0.3, -0.25) is 9.59 Å². The number of rotatable bonds is 3. The van der Waals surface area contributed by atoms with Crippen LogP contribution in [0.2, 0.25) is 0 Å². The van der Waals surface area contributed by atoms with Gasteiger partial charge in [-0.2, -0.15) is 0 Å². The summed E-state index contributed by atoms with van der Waals surface area (Å²) in [4.78, 5) is 22.4. The maximum absolute atomic E-state index is 11.2. The molecule has 14 heavy (non-hydrogen) atoms. The smallest absolute Gasteiger partial charge is 0.237 e. The lowest BCUT2D eigenvalue weighted by Gasteiger charge is -2.22. The van der Waals surface area contributed by atoms with Crippen molar-refractivity contribution in [3.63, 3.8) is 0 Å². The highest BCUT2D eigenvalue weighted by Gasteiger charge is 2.39. The van der Waals surface area contributed by atoms with E-state index in [0.29, 0.717) is 5.56 Å². The Morgan fingerprint density at radius 3 is 1.86 bits per heavy atom. The molecule has 0 aromatic heterocycles. The van der Waals surface area contributed by atoms with Crippen molar-refractivity contribution in [1.82, 2.24) is 0 Å². The zero-order chi connectivity index (χ0) is 10.8. The molecule has 0 saturated heterocycles. The van der Waals surface area contributed by atoms with E-state index in [9.17, 15) is 9.59 Å². The van der Waals surface area contributed by atoms with Crippen LogP contribution >= 0.6 is 0 Å². The topological polar surface area (TPSA) is 86.2 Å². The van der Waals surface area contributed by atoms with E-state index in [2.05, 4.69) is 0 Å². The van der Waals surface area contributed by atoms with Crippen LogP contribution in [0.4, 0.5) is 0 Å². The van der Waals surface area contributed by atoms with Crippen molar-refractivity contribution in [3.05, 3.63) is 35.9 Å². The van der Waals surface area contributed by atoms with Crippen molar-refractivity contribution in [3.8, 4) is 0 Å². The summed E-state index contributed by atoms with van der Waals surface area (Å²) in [5.41, 5.74) is 9.41. The van der Waals surface area contributed by atoms with Crippen LogP contribution in [0.15, 0.2) is 30.3 Å². The molecule has 74 valence electrons. The summed E-state index contributed by atoms with van der Waals surface area (Å²) >= 11 is 0.